The summed E-state index contributed by atoms with van der Waals surface area (Å²) in [6.07, 6.45) is -0.594. The fraction of sp³-hybridized carbons (Fsp3) is 0.417. The van der Waals surface area contributed by atoms with Crippen molar-refractivity contribution in [2.24, 2.45) is 5.73 Å². The molecule has 0 aromatic heterocycles. The fourth-order valence-corrected chi connectivity index (χ4v) is 1.61. The molecule has 0 aliphatic rings. The van der Waals surface area contributed by atoms with Crippen molar-refractivity contribution in [3.63, 3.8) is 0 Å². The largest absolute Gasteiger partial charge is 0.388 e. The van der Waals surface area contributed by atoms with E-state index in [2.05, 4.69) is 5.32 Å². The van der Waals surface area contributed by atoms with Gasteiger partial charge in [0.05, 0.1) is 11.8 Å². The van der Waals surface area contributed by atoms with Crippen LogP contribution in [0.4, 0.5) is 10.1 Å². The van der Waals surface area contributed by atoms with E-state index < -0.39 is 11.9 Å². The van der Waals surface area contributed by atoms with Gasteiger partial charge in [-0.2, -0.15) is 0 Å². The van der Waals surface area contributed by atoms with Crippen molar-refractivity contribution in [1.82, 2.24) is 0 Å². The summed E-state index contributed by atoms with van der Waals surface area (Å²) in [7, 11) is 0. The maximum Gasteiger partial charge on any atom is 0.221 e. The minimum absolute atomic E-state index is 0.0214. The third-order valence-corrected chi connectivity index (χ3v) is 2.30. The smallest absolute Gasteiger partial charge is 0.221 e. The number of aliphatic hydroxyl groups excluding tert-OH is 1. The number of carbonyl (C=O) groups is 1. The summed E-state index contributed by atoms with van der Waals surface area (Å²) in [6.45, 7) is 3.04. The standard InChI is InChI=1S/C12H17FN2O2/c1-7(14)6-11(17)9-4-3-5-10(13)12(9)15-8(2)16/h3-5,7,11,17H,6,14H2,1-2H3,(H,15,16). The van der Waals surface area contributed by atoms with Crippen LogP contribution < -0.4 is 11.1 Å². The van der Waals surface area contributed by atoms with E-state index in [4.69, 9.17) is 5.73 Å². The fourth-order valence-electron chi connectivity index (χ4n) is 1.61. The maximum atomic E-state index is 13.6. The van der Waals surface area contributed by atoms with Crippen molar-refractivity contribution in [3.8, 4) is 0 Å². The minimum Gasteiger partial charge on any atom is -0.388 e. The molecule has 17 heavy (non-hydrogen) atoms. The highest BCUT2D eigenvalue weighted by atomic mass is 19.1. The number of rotatable bonds is 4. The van der Waals surface area contributed by atoms with E-state index in [9.17, 15) is 14.3 Å². The molecule has 1 aromatic carbocycles. The Labute approximate surface area is 99.6 Å². The molecule has 0 saturated heterocycles. The first-order valence-corrected chi connectivity index (χ1v) is 5.41. The molecular formula is C12H17FN2O2. The number of anilines is 1. The van der Waals surface area contributed by atoms with Gasteiger partial charge in [-0.1, -0.05) is 12.1 Å². The second-order valence-electron chi connectivity index (χ2n) is 4.11. The van der Waals surface area contributed by atoms with Gasteiger partial charge in [-0.3, -0.25) is 4.79 Å². The summed E-state index contributed by atoms with van der Waals surface area (Å²) in [4.78, 5) is 11.0. The van der Waals surface area contributed by atoms with Gasteiger partial charge >= 0.3 is 0 Å². The van der Waals surface area contributed by atoms with Crippen LogP contribution >= 0.6 is 0 Å². The lowest BCUT2D eigenvalue weighted by atomic mass is 10.0. The zero-order valence-corrected chi connectivity index (χ0v) is 9.90. The van der Waals surface area contributed by atoms with Crippen LogP contribution in [-0.4, -0.2) is 17.1 Å². The average molecular weight is 240 g/mol. The van der Waals surface area contributed by atoms with Crippen LogP contribution in [0.5, 0.6) is 0 Å². The highest BCUT2D eigenvalue weighted by Gasteiger charge is 2.17. The van der Waals surface area contributed by atoms with Crippen molar-refractivity contribution in [3.05, 3.63) is 29.6 Å². The molecular weight excluding hydrogens is 223 g/mol. The Kier molecular flexibility index (Phi) is 4.60. The van der Waals surface area contributed by atoms with Gasteiger partial charge in [-0.05, 0) is 19.4 Å². The monoisotopic (exact) mass is 240 g/mol. The van der Waals surface area contributed by atoms with E-state index >= 15 is 0 Å². The summed E-state index contributed by atoms with van der Waals surface area (Å²) in [6, 6.07) is 4.08. The molecule has 1 rings (SSSR count). The lowest BCUT2D eigenvalue weighted by molar-refractivity contribution is -0.114. The molecule has 0 bridgehead atoms. The molecule has 4 N–H and O–H groups in total. The van der Waals surface area contributed by atoms with E-state index in [0.717, 1.165) is 0 Å². The topological polar surface area (TPSA) is 75.3 Å². The summed E-state index contributed by atoms with van der Waals surface area (Å²) in [5.41, 5.74) is 5.95. The minimum atomic E-state index is -0.896. The number of halogens is 1. The molecule has 0 aliphatic heterocycles. The number of aliphatic hydroxyl groups is 1. The molecule has 5 heteroatoms. The van der Waals surface area contributed by atoms with Gasteiger partial charge in [-0.15, -0.1) is 0 Å². The summed E-state index contributed by atoms with van der Waals surface area (Å²) in [5.74, 6) is -0.953. The number of carbonyl (C=O) groups excluding carboxylic acids is 1. The van der Waals surface area contributed by atoms with Crippen LogP contribution in [0.25, 0.3) is 0 Å². The average Bonchev–Trinajstić information content (AvgIpc) is 2.19. The molecule has 0 heterocycles. The summed E-state index contributed by atoms with van der Waals surface area (Å²) >= 11 is 0. The third kappa shape index (κ3) is 3.80. The highest BCUT2D eigenvalue weighted by molar-refractivity contribution is 5.89. The lowest BCUT2D eigenvalue weighted by Crippen LogP contribution is -2.20. The SMILES string of the molecule is CC(=O)Nc1c(F)cccc1C(O)CC(C)N. The number of hydrogen-bond donors (Lipinski definition) is 3. The predicted molar refractivity (Wildman–Crippen MR) is 63.9 cm³/mol. The third-order valence-electron chi connectivity index (χ3n) is 2.30. The zero-order chi connectivity index (χ0) is 13.0. The number of benzene rings is 1. The van der Waals surface area contributed by atoms with Crippen LogP contribution in [0.1, 0.15) is 31.9 Å². The highest BCUT2D eigenvalue weighted by Crippen LogP contribution is 2.28. The Hall–Kier alpha value is -1.46. The van der Waals surface area contributed by atoms with Crippen molar-refractivity contribution >= 4 is 11.6 Å². The molecule has 2 atom stereocenters. The van der Waals surface area contributed by atoms with Crippen LogP contribution in [0, 0.1) is 5.82 Å². The molecule has 0 aliphatic carbocycles. The number of amides is 1. The van der Waals surface area contributed by atoms with Crippen molar-refractivity contribution in [2.75, 3.05) is 5.32 Å². The molecule has 0 fully saturated rings. The molecule has 4 nitrogen and oxygen atoms in total. The van der Waals surface area contributed by atoms with E-state index in [1.807, 2.05) is 0 Å². The summed E-state index contributed by atoms with van der Waals surface area (Å²) in [5, 5.41) is 12.3. The van der Waals surface area contributed by atoms with Gasteiger partial charge in [0.2, 0.25) is 5.91 Å². The molecule has 94 valence electrons. The van der Waals surface area contributed by atoms with E-state index in [1.54, 1.807) is 13.0 Å². The lowest BCUT2D eigenvalue weighted by Gasteiger charge is -2.17. The molecule has 1 amide bonds. The van der Waals surface area contributed by atoms with Crippen molar-refractivity contribution < 1.29 is 14.3 Å². The second-order valence-corrected chi connectivity index (χ2v) is 4.11. The molecule has 1 aromatic rings. The van der Waals surface area contributed by atoms with Gasteiger partial charge in [0.15, 0.2) is 0 Å². The number of para-hydroxylation sites is 1. The first-order valence-electron chi connectivity index (χ1n) is 5.41. The molecule has 0 spiro atoms. The molecule has 0 radical (unpaired) electrons. The Morgan fingerprint density at radius 1 is 1.59 bits per heavy atom. The number of nitrogens with two attached hydrogens (primary N) is 1. The Bertz CT molecular complexity index is 407. The summed E-state index contributed by atoms with van der Waals surface area (Å²) < 4.78 is 13.6. The second kappa shape index (κ2) is 5.75. The zero-order valence-electron chi connectivity index (χ0n) is 9.90. The maximum absolute atomic E-state index is 13.6. The Morgan fingerprint density at radius 2 is 2.24 bits per heavy atom. The molecule has 0 saturated carbocycles. The first kappa shape index (κ1) is 13.6. The van der Waals surface area contributed by atoms with Crippen LogP contribution in [0.2, 0.25) is 0 Å². The predicted octanol–water partition coefficient (Wildman–Crippen LogP) is 1.55. The van der Waals surface area contributed by atoms with Gasteiger partial charge < -0.3 is 16.2 Å². The van der Waals surface area contributed by atoms with Gasteiger partial charge in [-0.25, -0.2) is 4.39 Å². The molecule has 2 unspecified atom stereocenters. The Morgan fingerprint density at radius 3 is 2.76 bits per heavy atom. The number of hydrogen-bond acceptors (Lipinski definition) is 3. The van der Waals surface area contributed by atoms with Crippen molar-refractivity contribution in [1.29, 1.82) is 0 Å². The van der Waals surface area contributed by atoms with E-state index in [1.165, 1.54) is 19.1 Å². The quantitative estimate of drug-likeness (QED) is 0.747. The van der Waals surface area contributed by atoms with Crippen LogP contribution in [0.15, 0.2) is 18.2 Å². The van der Waals surface area contributed by atoms with Gasteiger partial charge in [0.1, 0.15) is 5.82 Å². The normalized spacial score (nSPS) is 14.2. The van der Waals surface area contributed by atoms with Crippen molar-refractivity contribution in [2.45, 2.75) is 32.4 Å². The van der Waals surface area contributed by atoms with E-state index in [-0.39, 0.29) is 17.6 Å². The van der Waals surface area contributed by atoms with Gasteiger partial charge in [0, 0.05) is 18.5 Å². The van der Waals surface area contributed by atoms with E-state index in [0.29, 0.717) is 12.0 Å². The van der Waals surface area contributed by atoms with Crippen LogP contribution in [0.3, 0.4) is 0 Å². The number of nitrogens with one attached hydrogen (secondary N) is 1. The van der Waals surface area contributed by atoms with Gasteiger partial charge in [0.25, 0.3) is 0 Å². The first-order chi connectivity index (χ1) is 7.91. The van der Waals surface area contributed by atoms with Crippen LogP contribution in [-0.2, 0) is 4.79 Å². The Balaban J connectivity index is 3.05.